The van der Waals surface area contributed by atoms with Gasteiger partial charge in [-0.1, -0.05) is 25.5 Å². The second kappa shape index (κ2) is 8.53. The molecule has 0 bridgehead atoms. The highest BCUT2D eigenvalue weighted by atomic mass is 16.7. The molecule has 1 rings (SSSR count). The van der Waals surface area contributed by atoms with Gasteiger partial charge in [-0.05, 0) is 38.0 Å². The van der Waals surface area contributed by atoms with Gasteiger partial charge in [-0.3, -0.25) is 9.63 Å². The lowest BCUT2D eigenvalue weighted by atomic mass is 10.1. The molecule has 0 spiro atoms. The zero-order chi connectivity index (χ0) is 14.1. The molecular weight excluding hydrogens is 242 g/mol. The molecule has 0 radical (unpaired) electrons. The van der Waals surface area contributed by atoms with E-state index in [9.17, 15) is 4.79 Å². The summed E-state index contributed by atoms with van der Waals surface area (Å²) in [5, 5.41) is 0. The predicted molar refractivity (Wildman–Crippen MR) is 74.9 cm³/mol. The van der Waals surface area contributed by atoms with Crippen molar-refractivity contribution in [3.63, 3.8) is 0 Å². The Morgan fingerprint density at radius 3 is 2.53 bits per heavy atom. The number of carbonyl (C=O) groups is 1. The minimum Gasteiger partial charge on any atom is -0.494 e. The lowest BCUT2D eigenvalue weighted by Crippen LogP contribution is -2.28. The van der Waals surface area contributed by atoms with Crippen LogP contribution >= 0.6 is 0 Å². The van der Waals surface area contributed by atoms with Gasteiger partial charge in [0.15, 0.2) is 0 Å². The molecule has 0 aliphatic rings. The third-order valence-electron chi connectivity index (χ3n) is 2.46. The first-order chi connectivity index (χ1) is 9.11. The van der Waals surface area contributed by atoms with Gasteiger partial charge in [0.05, 0.1) is 19.1 Å². The zero-order valence-corrected chi connectivity index (χ0v) is 11.9. The van der Waals surface area contributed by atoms with Crippen LogP contribution in [0.1, 0.15) is 39.2 Å². The number of hydrogen-bond donors (Lipinski definition) is 1. The lowest BCUT2D eigenvalue weighted by Gasteiger charge is -2.09. The Bertz CT molecular complexity index is 373. The normalized spacial score (nSPS) is 10.5. The minimum absolute atomic E-state index is 0.0155. The Labute approximate surface area is 115 Å². The number of carbonyl (C=O) groups excluding carboxylic acids is 1. The van der Waals surface area contributed by atoms with Crippen molar-refractivity contribution >= 4 is 5.91 Å². The second-order valence-corrected chi connectivity index (χ2v) is 4.71. The van der Waals surface area contributed by atoms with Crippen LogP contribution < -0.4 is 10.2 Å². The Morgan fingerprint density at radius 1 is 1.26 bits per heavy atom. The van der Waals surface area contributed by atoms with Crippen molar-refractivity contribution in [3.8, 4) is 5.75 Å². The topological polar surface area (TPSA) is 47.6 Å². The molecule has 0 aliphatic carbocycles. The molecule has 0 saturated heterocycles. The molecule has 106 valence electrons. The fourth-order valence-corrected chi connectivity index (χ4v) is 1.44. The van der Waals surface area contributed by atoms with Gasteiger partial charge in [-0.15, -0.1) is 0 Å². The Balaban J connectivity index is 2.37. The first-order valence-corrected chi connectivity index (χ1v) is 6.78. The minimum atomic E-state index is -0.145. The van der Waals surface area contributed by atoms with E-state index in [1.165, 1.54) is 0 Å². The van der Waals surface area contributed by atoms with Crippen molar-refractivity contribution < 1.29 is 14.4 Å². The summed E-state index contributed by atoms with van der Waals surface area (Å²) < 4.78 is 5.56. The number of benzene rings is 1. The number of hydroxylamine groups is 1. The molecule has 4 nitrogen and oxygen atoms in total. The average molecular weight is 265 g/mol. The van der Waals surface area contributed by atoms with Crippen molar-refractivity contribution in [3.05, 3.63) is 29.8 Å². The molecule has 0 saturated carbocycles. The summed E-state index contributed by atoms with van der Waals surface area (Å²) in [4.78, 5) is 16.6. The Kier molecular flexibility index (Phi) is 6.97. The third kappa shape index (κ3) is 6.82. The molecule has 0 unspecified atom stereocenters. The van der Waals surface area contributed by atoms with Crippen molar-refractivity contribution in [2.24, 2.45) is 0 Å². The summed E-state index contributed by atoms with van der Waals surface area (Å²) in [6.45, 7) is 6.59. The van der Waals surface area contributed by atoms with Crippen LogP contribution in [0.25, 0.3) is 0 Å². The summed E-state index contributed by atoms with van der Waals surface area (Å²) in [6, 6.07) is 7.58. The second-order valence-electron chi connectivity index (χ2n) is 4.71. The summed E-state index contributed by atoms with van der Waals surface area (Å²) in [5.74, 6) is 0.699. The van der Waals surface area contributed by atoms with Crippen molar-refractivity contribution in [1.29, 1.82) is 0 Å². The molecule has 0 aromatic heterocycles. The molecule has 1 aromatic rings. The van der Waals surface area contributed by atoms with E-state index >= 15 is 0 Å². The quantitative estimate of drug-likeness (QED) is 0.581. The number of amides is 1. The van der Waals surface area contributed by atoms with Crippen LogP contribution in [0.2, 0.25) is 0 Å². The molecule has 0 atom stereocenters. The molecule has 1 amide bonds. The van der Waals surface area contributed by atoms with Gasteiger partial charge in [0.2, 0.25) is 5.91 Å². The molecule has 0 aliphatic heterocycles. The van der Waals surface area contributed by atoms with Gasteiger partial charge < -0.3 is 4.74 Å². The summed E-state index contributed by atoms with van der Waals surface area (Å²) in [6.07, 6.45) is 2.46. The van der Waals surface area contributed by atoms with E-state index in [1.54, 1.807) is 0 Å². The van der Waals surface area contributed by atoms with Gasteiger partial charge in [0.25, 0.3) is 0 Å². The predicted octanol–water partition coefficient (Wildman–Crippen LogP) is 2.86. The molecule has 1 aromatic carbocycles. The number of ether oxygens (including phenoxy) is 1. The largest absolute Gasteiger partial charge is 0.494 e. The number of nitrogens with one attached hydrogen (secondary N) is 1. The highest BCUT2D eigenvalue weighted by Gasteiger charge is 2.04. The highest BCUT2D eigenvalue weighted by Crippen LogP contribution is 2.13. The first-order valence-electron chi connectivity index (χ1n) is 6.78. The molecule has 1 N–H and O–H groups in total. The van der Waals surface area contributed by atoms with Gasteiger partial charge >= 0.3 is 0 Å². The van der Waals surface area contributed by atoms with Crippen molar-refractivity contribution in [1.82, 2.24) is 5.48 Å². The van der Waals surface area contributed by atoms with Crippen LogP contribution in [0.3, 0.4) is 0 Å². The lowest BCUT2D eigenvalue weighted by molar-refractivity contribution is -0.136. The SMILES string of the molecule is CCCCOc1ccc(CC(=O)NOC(C)C)cc1. The number of unbranched alkanes of at least 4 members (excludes halogenated alkanes) is 1. The molecule has 0 fully saturated rings. The van der Waals surface area contributed by atoms with Crippen LogP contribution in [0.4, 0.5) is 0 Å². The van der Waals surface area contributed by atoms with E-state index in [0.29, 0.717) is 6.42 Å². The molecular formula is C15H23NO3. The van der Waals surface area contributed by atoms with Crippen molar-refractivity contribution in [2.75, 3.05) is 6.61 Å². The zero-order valence-electron chi connectivity index (χ0n) is 11.9. The van der Waals surface area contributed by atoms with E-state index in [2.05, 4.69) is 12.4 Å². The van der Waals surface area contributed by atoms with Crippen LogP contribution in [-0.2, 0) is 16.1 Å². The molecule has 0 heterocycles. The van der Waals surface area contributed by atoms with Gasteiger partial charge in [-0.25, -0.2) is 5.48 Å². The summed E-state index contributed by atoms with van der Waals surface area (Å²) in [7, 11) is 0. The Hall–Kier alpha value is -1.55. The monoisotopic (exact) mass is 265 g/mol. The van der Waals surface area contributed by atoms with E-state index in [-0.39, 0.29) is 12.0 Å². The number of rotatable bonds is 8. The maximum atomic E-state index is 11.5. The van der Waals surface area contributed by atoms with Crippen LogP contribution in [-0.4, -0.2) is 18.6 Å². The summed E-state index contributed by atoms with van der Waals surface area (Å²) >= 11 is 0. The molecule has 19 heavy (non-hydrogen) atoms. The fraction of sp³-hybridized carbons (Fsp3) is 0.533. The average Bonchev–Trinajstić information content (AvgIpc) is 2.39. The van der Waals surface area contributed by atoms with Gasteiger partial charge in [0, 0.05) is 0 Å². The van der Waals surface area contributed by atoms with E-state index in [0.717, 1.165) is 30.8 Å². The maximum absolute atomic E-state index is 11.5. The Morgan fingerprint density at radius 2 is 1.95 bits per heavy atom. The van der Waals surface area contributed by atoms with E-state index in [1.807, 2.05) is 38.1 Å². The van der Waals surface area contributed by atoms with Crippen molar-refractivity contribution in [2.45, 2.75) is 46.1 Å². The molecule has 4 heteroatoms. The summed E-state index contributed by atoms with van der Waals surface area (Å²) in [5.41, 5.74) is 3.35. The third-order valence-corrected chi connectivity index (χ3v) is 2.46. The first kappa shape index (κ1) is 15.5. The van der Waals surface area contributed by atoms with Crippen LogP contribution in [0, 0.1) is 0 Å². The van der Waals surface area contributed by atoms with E-state index < -0.39 is 0 Å². The van der Waals surface area contributed by atoms with E-state index in [4.69, 9.17) is 9.57 Å². The van der Waals surface area contributed by atoms with Crippen LogP contribution in [0.5, 0.6) is 5.75 Å². The van der Waals surface area contributed by atoms with Gasteiger partial charge in [0.1, 0.15) is 5.75 Å². The number of hydrogen-bond acceptors (Lipinski definition) is 3. The smallest absolute Gasteiger partial charge is 0.247 e. The maximum Gasteiger partial charge on any atom is 0.247 e. The fourth-order valence-electron chi connectivity index (χ4n) is 1.44. The van der Waals surface area contributed by atoms with Crippen LogP contribution in [0.15, 0.2) is 24.3 Å². The standard InChI is InChI=1S/C15H23NO3/c1-4-5-10-18-14-8-6-13(7-9-14)11-15(17)16-19-12(2)3/h6-9,12H,4-5,10-11H2,1-3H3,(H,16,17). The van der Waals surface area contributed by atoms with Gasteiger partial charge in [-0.2, -0.15) is 0 Å². The highest BCUT2D eigenvalue weighted by molar-refractivity contribution is 5.77.